The Morgan fingerprint density at radius 3 is 2.58 bits per heavy atom. The highest BCUT2D eigenvalue weighted by molar-refractivity contribution is 7.09. The van der Waals surface area contributed by atoms with Crippen LogP contribution in [0, 0.1) is 18.3 Å². The zero-order valence-electron chi connectivity index (χ0n) is 17.0. The molecule has 12 heteroatoms. The molecule has 4 heterocycles. The van der Waals surface area contributed by atoms with E-state index in [1.165, 1.54) is 0 Å². The number of hydrogen-bond acceptors (Lipinski definition) is 6. The minimum absolute atomic E-state index is 0.00857. The molecule has 1 aromatic heterocycles. The van der Waals surface area contributed by atoms with Gasteiger partial charge in [0.25, 0.3) is 0 Å². The number of halogens is 3. The standard InChI is InChI=1S/C17H23N3O3S.C2HF3O2/c1-12-18-14(10-24-12)8-19-5-3-17(16(19)22)4-6-20(11-17)15(21)13-2-7-23-9-13;3-2(4,5)1(6)7/h10,13H,2-9,11H2,1H3;(H,6,7). The predicted octanol–water partition coefficient (Wildman–Crippen LogP) is 2.07. The quantitative estimate of drug-likeness (QED) is 0.737. The van der Waals surface area contributed by atoms with Crippen molar-refractivity contribution in [3.05, 3.63) is 16.1 Å². The Kier molecular flexibility index (Phi) is 6.89. The van der Waals surface area contributed by atoms with Crippen molar-refractivity contribution in [2.45, 2.75) is 38.9 Å². The van der Waals surface area contributed by atoms with Crippen LogP contribution in [-0.2, 0) is 25.7 Å². The summed E-state index contributed by atoms with van der Waals surface area (Å²) >= 11 is 1.62. The lowest BCUT2D eigenvalue weighted by atomic mass is 9.85. The first-order valence-electron chi connectivity index (χ1n) is 9.89. The van der Waals surface area contributed by atoms with E-state index in [4.69, 9.17) is 14.6 Å². The number of hydrogen-bond donors (Lipinski definition) is 1. The summed E-state index contributed by atoms with van der Waals surface area (Å²) in [5.41, 5.74) is 0.608. The number of thiazole rings is 1. The maximum Gasteiger partial charge on any atom is 0.490 e. The number of carbonyl (C=O) groups excluding carboxylic acids is 2. The van der Waals surface area contributed by atoms with E-state index in [1.807, 2.05) is 22.1 Å². The molecule has 0 radical (unpaired) electrons. The van der Waals surface area contributed by atoms with Crippen molar-refractivity contribution in [3.63, 3.8) is 0 Å². The molecule has 1 aromatic rings. The predicted molar refractivity (Wildman–Crippen MR) is 103 cm³/mol. The molecule has 3 aliphatic rings. The monoisotopic (exact) mass is 463 g/mol. The Labute approximate surface area is 181 Å². The van der Waals surface area contributed by atoms with Crippen LogP contribution in [0.3, 0.4) is 0 Å². The van der Waals surface area contributed by atoms with E-state index in [0.29, 0.717) is 32.8 Å². The highest BCUT2D eigenvalue weighted by Gasteiger charge is 2.52. The molecule has 172 valence electrons. The van der Waals surface area contributed by atoms with Gasteiger partial charge in [-0.2, -0.15) is 13.2 Å². The van der Waals surface area contributed by atoms with Gasteiger partial charge in [-0.1, -0.05) is 0 Å². The molecule has 3 saturated heterocycles. The molecular formula is C19H24F3N3O5S. The molecule has 0 aliphatic carbocycles. The third-order valence-electron chi connectivity index (χ3n) is 5.81. The van der Waals surface area contributed by atoms with Crippen LogP contribution in [0.4, 0.5) is 13.2 Å². The van der Waals surface area contributed by atoms with Crippen LogP contribution >= 0.6 is 11.3 Å². The molecule has 4 rings (SSSR count). The summed E-state index contributed by atoms with van der Waals surface area (Å²) in [4.78, 5) is 42.7. The first-order chi connectivity index (χ1) is 14.5. The van der Waals surface area contributed by atoms with Crippen LogP contribution in [0.5, 0.6) is 0 Å². The fraction of sp³-hybridized carbons (Fsp3) is 0.684. The Hall–Kier alpha value is -2.21. The van der Waals surface area contributed by atoms with Crippen molar-refractivity contribution in [1.29, 1.82) is 0 Å². The third kappa shape index (κ3) is 5.35. The van der Waals surface area contributed by atoms with Crippen molar-refractivity contribution in [1.82, 2.24) is 14.8 Å². The average Bonchev–Trinajstić information content (AvgIpc) is 3.48. The molecular weight excluding hydrogens is 439 g/mol. The number of nitrogens with zero attached hydrogens (tertiary/aromatic N) is 3. The Balaban J connectivity index is 0.000000339. The van der Waals surface area contributed by atoms with Gasteiger partial charge in [0, 0.05) is 31.6 Å². The van der Waals surface area contributed by atoms with Crippen LogP contribution < -0.4 is 0 Å². The van der Waals surface area contributed by atoms with Crippen LogP contribution in [0.1, 0.15) is 30.0 Å². The number of carboxylic acid groups (broad SMARTS) is 1. The number of aryl methyl sites for hydroxylation is 1. The smallest absolute Gasteiger partial charge is 0.475 e. The van der Waals surface area contributed by atoms with Crippen molar-refractivity contribution in [2.24, 2.45) is 11.3 Å². The Morgan fingerprint density at radius 2 is 2.03 bits per heavy atom. The summed E-state index contributed by atoms with van der Waals surface area (Å²) in [5.74, 6) is -2.39. The lowest BCUT2D eigenvalue weighted by Gasteiger charge is -2.24. The van der Waals surface area contributed by atoms with Gasteiger partial charge in [0.1, 0.15) is 0 Å². The van der Waals surface area contributed by atoms with Gasteiger partial charge in [-0.25, -0.2) is 9.78 Å². The summed E-state index contributed by atoms with van der Waals surface area (Å²) in [5, 5.41) is 10.2. The van der Waals surface area contributed by atoms with Crippen molar-refractivity contribution >= 4 is 29.1 Å². The van der Waals surface area contributed by atoms with Crippen molar-refractivity contribution in [2.75, 3.05) is 32.8 Å². The minimum atomic E-state index is -5.08. The van der Waals surface area contributed by atoms with Crippen LogP contribution in [-0.4, -0.2) is 76.7 Å². The fourth-order valence-corrected chi connectivity index (χ4v) is 4.75. The zero-order chi connectivity index (χ0) is 22.8. The number of likely N-dealkylation sites (tertiary alicyclic amines) is 2. The number of ether oxygens (including phenoxy) is 1. The maximum atomic E-state index is 13.0. The fourth-order valence-electron chi connectivity index (χ4n) is 4.15. The van der Waals surface area contributed by atoms with E-state index in [0.717, 1.165) is 36.5 Å². The molecule has 1 spiro atoms. The molecule has 2 amide bonds. The number of alkyl halides is 3. The molecule has 8 nitrogen and oxygen atoms in total. The Bertz CT molecular complexity index is 840. The van der Waals surface area contributed by atoms with Gasteiger partial charge in [-0.3, -0.25) is 9.59 Å². The van der Waals surface area contributed by atoms with Gasteiger partial charge in [0.15, 0.2) is 0 Å². The van der Waals surface area contributed by atoms with E-state index < -0.39 is 12.1 Å². The van der Waals surface area contributed by atoms with Gasteiger partial charge >= 0.3 is 12.1 Å². The van der Waals surface area contributed by atoms with Crippen LogP contribution in [0.2, 0.25) is 0 Å². The van der Waals surface area contributed by atoms with E-state index in [-0.39, 0.29) is 23.1 Å². The largest absolute Gasteiger partial charge is 0.490 e. The van der Waals surface area contributed by atoms with E-state index in [9.17, 15) is 22.8 Å². The molecule has 2 unspecified atom stereocenters. The summed E-state index contributed by atoms with van der Waals surface area (Å²) < 4.78 is 37.1. The van der Waals surface area contributed by atoms with Crippen LogP contribution in [0.25, 0.3) is 0 Å². The summed E-state index contributed by atoms with van der Waals surface area (Å²) in [6.07, 6.45) is -2.64. The summed E-state index contributed by atoms with van der Waals surface area (Å²) in [7, 11) is 0. The highest BCUT2D eigenvalue weighted by Crippen LogP contribution is 2.41. The molecule has 31 heavy (non-hydrogen) atoms. The molecule has 1 N–H and O–H groups in total. The molecule has 0 aromatic carbocycles. The van der Waals surface area contributed by atoms with Crippen molar-refractivity contribution < 1.29 is 37.4 Å². The number of amides is 2. The first kappa shape index (κ1) is 23.5. The number of carboxylic acids is 1. The number of carbonyl (C=O) groups is 3. The van der Waals surface area contributed by atoms with Gasteiger partial charge in [0.05, 0.1) is 35.2 Å². The van der Waals surface area contributed by atoms with Gasteiger partial charge < -0.3 is 19.6 Å². The van der Waals surface area contributed by atoms with Gasteiger partial charge in [-0.05, 0) is 26.2 Å². The SMILES string of the molecule is Cc1nc(CN2CCC3(CCN(C(=O)C4CCOC4)C3)C2=O)cs1.O=C(O)C(F)(F)F. The number of rotatable bonds is 3. The second kappa shape index (κ2) is 9.11. The maximum absolute atomic E-state index is 13.0. The third-order valence-corrected chi connectivity index (χ3v) is 6.63. The molecule has 3 fully saturated rings. The van der Waals surface area contributed by atoms with E-state index >= 15 is 0 Å². The second-order valence-corrected chi connectivity index (χ2v) is 9.05. The first-order valence-corrected chi connectivity index (χ1v) is 10.8. The molecule has 2 atom stereocenters. The van der Waals surface area contributed by atoms with Crippen LogP contribution in [0.15, 0.2) is 5.38 Å². The average molecular weight is 463 g/mol. The normalized spacial score (nSPS) is 25.8. The van der Waals surface area contributed by atoms with E-state index in [1.54, 1.807) is 11.3 Å². The van der Waals surface area contributed by atoms with Gasteiger partial charge in [-0.15, -0.1) is 11.3 Å². The van der Waals surface area contributed by atoms with Gasteiger partial charge in [0.2, 0.25) is 11.8 Å². The van der Waals surface area contributed by atoms with E-state index in [2.05, 4.69) is 4.98 Å². The minimum Gasteiger partial charge on any atom is -0.475 e. The molecule has 0 bridgehead atoms. The lowest BCUT2D eigenvalue weighted by Crippen LogP contribution is -2.40. The number of aliphatic carboxylic acids is 1. The van der Waals surface area contributed by atoms with Crippen molar-refractivity contribution in [3.8, 4) is 0 Å². The lowest BCUT2D eigenvalue weighted by molar-refractivity contribution is -0.192. The summed E-state index contributed by atoms with van der Waals surface area (Å²) in [6.45, 7) is 5.83. The summed E-state index contributed by atoms with van der Waals surface area (Å²) in [6, 6.07) is 0. The zero-order valence-corrected chi connectivity index (χ0v) is 17.8. The second-order valence-electron chi connectivity index (χ2n) is 7.99. The molecule has 0 saturated carbocycles. The molecule has 3 aliphatic heterocycles. The highest BCUT2D eigenvalue weighted by atomic mass is 32.1. The number of aromatic nitrogens is 1. The Morgan fingerprint density at radius 1 is 1.35 bits per heavy atom. The topological polar surface area (TPSA) is 100 Å².